The van der Waals surface area contributed by atoms with Crippen LogP contribution in [-0.4, -0.2) is 34.3 Å². The molecular weight excluding hydrogens is 258 g/mol. The molecule has 0 amide bonds. The number of methoxy groups -OCH3 is 2. The summed E-state index contributed by atoms with van der Waals surface area (Å²) in [6.45, 7) is -0.0930. The Hall–Kier alpha value is -2.08. The van der Waals surface area contributed by atoms with Gasteiger partial charge in [0.15, 0.2) is 0 Å². The van der Waals surface area contributed by atoms with Crippen LogP contribution in [0.15, 0.2) is 18.2 Å². The van der Waals surface area contributed by atoms with Gasteiger partial charge >= 0.3 is 0 Å². The Kier molecular flexibility index (Phi) is 3.31. The van der Waals surface area contributed by atoms with Crippen LogP contribution in [0.5, 0.6) is 11.5 Å². The molecule has 1 aliphatic carbocycles. The van der Waals surface area contributed by atoms with Gasteiger partial charge in [0.05, 0.1) is 26.5 Å². The average Bonchev–Trinajstić information content (AvgIpc) is 3.25. The Bertz CT molecular complexity index is 620. The van der Waals surface area contributed by atoms with E-state index in [4.69, 9.17) is 9.47 Å². The van der Waals surface area contributed by atoms with Crippen LogP contribution in [0.2, 0.25) is 0 Å². The topological polar surface area (TPSA) is 69.4 Å². The van der Waals surface area contributed by atoms with E-state index in [0.717, 1.165) is 30.0 Å². The van der Waals surface area contributed by atoms with E-state index in [0.29, 0.717) is 17.4 Å². The fraction of sp³-hybridized carbons (Fsp3) is 0.429. The Morgan fingerprint density at radius 3 is 2.70 bits per heavy atom. The Labute approximate surface area is 116 Å². The minimum atomic E-state index is -0.0930. The smallest absolute Gasteiger partial charge is 0.148 e. The van der Waals surface area contributed by atoms with Crippen molar-refractivity contribution in [2.45, 2.75) is 25.4 Å². The molecule has 1 aliphatic rings. The second kappa shape index (κ2) is 5.13. The standard InChI is InChI=1S/C14H17N3O3/c1-19-10-5-6-12(13(7-10)20-2)17-14(9-3-4-9)11(8-18)15-16-17/h5-7,9,18H,3-4,8H2,1-2H3. The molecule has 0 saturated heterocycles. The first kappa shape index (κ1) is 12.9. The summed E-state index contributed by atoms with van der Waals surface area (Å²) in [5.41, 5.74) is 2.43. The maximum Gasteiger partial charge on any atom is 0.148 e. The predicted octanol–water partition coefficient (Wildman–Crippen LogP) is 1.65. The largest absolute Gasteiger partial charge is 0.497 e. The van der Waals surface area contributed by atoms with E-state index in [1.165, 1.54) is 0 Å². The molecule has 0 aliphatic heterocycles. The normalized spacial score (nSPS) is 14.3. The lowest BCUT2D eigenvalue weighted by molar-refractivity contribution is 0.275. The molecule has 1 saturated carbocycles. The summed E-state index contributed by atoms with van der Waals surface area (Å²) in [6.07, 6.45) is 2.22. The summed E-state index contributed by atoms with van der Waals surface area (Å²) >= 11 is 0. The molecule has 106 valence electrons. The van der Waals surface area contributed by atoms with Crippen LogP contribution < -0.4 is 9.47 Å². The molecule has 1 aromatic carbocycles. The van der Waals surface area contributed by atoms with Crippen LogP contribution in [0.3, 0.4) is 0 Å². The maximum atomic E-state index is 9.40. The van der Waals surface area contributed by atoms with Crippen molar-refractivity contribution in [2.24, 2.45) is 0 Å². The Balaban J connectivity index is 2.11. The summed E-state index contributed by atoms with van der Waals surface area (Å²) in [4.78, 5) is 0. The number of hydrogen-bond donors (Lipinski definition) is 1. The van der Waals surface area contributed by atoms with Crippen LogP contribution in [0.1, 0.15) is 30.1 Å². The van der Waals surface area contributed by atoms with Crippen molar-refractivity contribution in [3.05, 3.63) is 29.6 Å². The van der Waals surface area contributed by atoms with E-state index in [2.05, 4.69) is 10.3 Å². The molecule has 1 aromatic heterocycles. The molecule has 0 unspecified atom stereocenters. The first-order chi connectivity index (χ1) is 9.78. The zero-order chi connectivity index (χ0) is 14.1. The number of nitrogens with zero attached hydrogens (tertiary/aromatic N) is 3. The van der Waals surface area contributed by atoms with Gasteiger partial charge in [0.2, 0.25) is 0 Å². The second-order valence-electron chi connectivity index (χ2n) is 4.80. The molecule has 1 fully saturated rings. The second-order valence-corrected chi connectivity index (χ2v) is 4.80. The fourth-order valence-electron chi connectivity index (χ4n) is 2.34. The highest BCUT2D eigenvalue weighted by Crippen LogP contribution is 2.43. The van der Waals surface area contributed by atoms with Gasteiger partial charge in [-0.2, -0.15) is 0 Å². The molecule has 3 rings (SSSR count). The van der Waals surface area contributed by atoms with Crippen LogP contribution >= 0.6 is 0 Å². The van der Waals surface area contributed by atoms with E-state index in [9.17, 15) is 5.11 Å². The van der Waals surface area contributed by atoms with E-state index in [1.54, 1.807) is 18.9 Å². The third kappa shape index (κ3) is 2.12. The Morgan fingerprint density at radius 2 is 2.10 bits per heavy atom. The number of benzene rings is 1. The van der Waals surface area contributed by atoms with Crippen molar-refractivity contribution in [1.82, 2.24) is 15.0 Å². The number of ether oxygens (including phenoxy) is 2. The third-order valence-electron chi connectivity index (χ3n) is 3.51. The monoisotopic (exact) mass is 275 g/mol. The molecule has 2 aromatic rings. The fourth-order valence-corrected chi connectivity index (χ4v) is 2.34. The molecule has 6 heteroatoms. The molecule has 0 spiro atoms. The van der Waals surface area contributed by atoms with Gasteiger partial charge in [0, 0.05) is 12.0 Å². The molecule has 0 atom stereocenters. The molecule has 1 heterocycles. The molecule has 1 N–H and O–H groups in total. The lowest BCUT2D eigenvalue weighted by Crippen LogP contribution is -2.05. The van der Waals surface area contributed by atoms with Crippen molar-refractivity contribution in [3.63, 3.8) is 0 Å². The maximum absolute atomic E-state index is 9.40. The van der Waals surface area contributed by atoms with Crippen LogP contribution in [0, 0.1) is 0 Å². The summed E-state index contributed by atoms with van der Waals surface area (Å²) < 4.78 is 12.4. The van der Waals surface area contributed by atoms with Gasteiger partial charge < -0.3 is 14.6 Å². The van der Waals surface area contributed by atoms with Crippen molar-refractivity contribution >= 4 is 0 Å². The number of rotatable bonds is 5. The van der Waals surface area contributed by atoms with Gasteiger partial charge in [-0.25, -0.2) is 4.68 Å². The van der Waals surface area contributed by atoms with Gasteiger partial charge in [0.1, 0.15) is 22.9 Å². The number of aliphatic hydroxyl groups excluding tert-OH is 1. The zero-order valence-electron chi connectivity index (χ0n) is 11.5. The first-order valence-corrected chi connectivity index (χ1v) is 6.56. The zero-order valence-corrected chi connectivity index (χ0v) is 11.5. The third-order valence-corrected chi connectivity index (χ3v) is 3.51. The van der Waals surface area contributed by atoms with E-state index < -0.39 is 0 Å². The first-order valence-electron chi connectivity index (χ1n) is 6.56. The number of aromatic nitrogens is 3. The summed E-state index contributed by atoms with van der Waals surface area (Å²) in [5, 5.41) is 17.6. The van der Waals surface area contributed by atoms with E-state index >= 15 is 0 Å². The average molecular weight is 275 g/mol. The summed E-state index contributed by atoms with van der Waals surface area (Å²) in [5.74, 6) is 1.82. The van der Waals surface area contributed by atoms with Crippen LogP contribution in [-0.2, 0) is 6.61 Å². The van der Waals surface area contributed by atoms with Gasteiger partial charge in [-0.05, 0) is 25.0 Å². The Morgan fingerprint density at radius 1 is 1.30 bits per heavy atom. The highest BCUT2D eigenvalue weighted by atomic mass is 16.5. The van der Waals surface area contributed by atoms with Crippen molar-refractivity contribution in [2.75, 3.05) is 14.2 Å². The number of aliphatic hydroxyl groups is 1. The lowest BCUT2D eigenvalue weighted by atomic mass is 10.2. The minimum absolute atomic E-state index is 0.0930. The molecule has 6 nitrogen and oxygen atoms in total. The van der Waals surface area contributed by atoms with Gasteiger partial charge in [-0.15, -0.1) is 5.10 Å². The highest BCUT2D eigenvalue weighted by Gasteiger charge is 2.32. The van der Waals surface area contributed by atoms with Gasteiger partial charge in [-0.1, -0.05) is 5.21 Å². The van der Waals surface area contributed by atoms with Crippen molar-refractivity contribution in [1.29, 1.82) is 0 Å². The highest BCUT2D eigenvalue weighted by molar-refractivity contribution is 5.51. The molecule has 20 heavy (non-hydrogen) atoms. The van der Waals surface area contributed by atoms with Gasteiger partial charge in [0.25, 0.3) is 0 Å². The van der Waals surface area contributed by atoms with Crippen LogP contribution in [0.25, 0.3) is 5.69 Å². The molecule has 0 radical (unpaired) electrons. The SMILES string of the molecule is COc1ccc(-n2nnc(CO)c2C2CC2)c(OC)c1. The van der Waals surface area contributed by atoms with E-state index in [1.807, 2.05) is 18.2 Å². The summed E-state index contributed by atoms with van der Waals surface area (Å²) in [6, 6.07) is 5.56. The molecular formula is C14H17N3O3. The predicted molar refractivity (Wildman–Crippen MR) is 72.4 cm³/mol. The van der Waals surface area contributed by atoms with Crippen molar-refractivity contribution in [3.8, 4) is 17.2 Å². The number of hydrogen-bond acceptors (Lipinski definition) is 5. The molecule has 0 bridgehead atoms. The minimum Gasteiger partial charge on any atom is -0.497 e. The summed E-state index contributed by atoms with van der Waals surface area (Å²) in [7, 11) is 3.22. The van der Waals surface area contributed by atoms with Crippen molar-refractivity contribution < 1.29 is 14.6 Å². The van der Waals surface area contributed by atoms with Crippen LogP contribution in [0.4, 0.5) is 0 Å². The van der Waals surface area contributed by atoms with E-state index in [-0.39, 0.29) is 6.61 Å². The quantitative estimate of drug-likeness (QED) is 0.898. The lowest BCUT2D eigenvalue weighted by Gasteiger charge is -2.12. The van der Waals surface area contributed by atoms with Gasteiger partial charge in [-0.3, -0.25) is 0 Å².